The highest BCUT2D eigenvalue weighted by Crippen LogP contribution is 2.12. The van der Waals surface area contributed by atoms with E-state index in [1.165, 1.54) is 13.0 Å². The molecule has 1 aromatic heterocycles. The van der Waals surface area contributed by atoms with Crippen LogP contribution in [-0.4, -0.2) is 42.4 Å². The molecule has 0 aliphatic rings. The molecule has 0 spiro atoms. The molecule has 2 N–H and O–H groups in total. The third kappa shape index (κ3) is 5.62. The van der Waals surface area contributed by atoms with Crippen molar-refractivity contribution in [1.29, 1.82) is 0 Å². The standard InChI is InChI=1S/C19H20N2O5/c1-13(19(24)26-12-17(22)16-4-3-11-20-16)21-18(23)10-7-14-5-8-15(25-2)9-6-14/h3-11,13,20H,12H2,1-2H3,(H,21,23)/b10-7+/t13-/m0/s1. The van der Waals surface area contributed by atoms with Crippen LogP contribution in [0.15, 0.2) is 48.7 Å². The molecule has 136 valence electrons. The minimum Gasteiger partial charge on any atom is -0.497 e. The molecule has 1 aromatic carbocycles. The van der Waals surface area contributed by atoms with Gasteiger partial charge < -0.3 is 19.8 Å². The van der Waals surface area contributed by atoms with Gasteiger partial charge >= 0.3 is 5.97 Å². The Hall–Kier alpha value is -3.35. The summed E-state index contributed by atoms with van der Waals surface area (Å²) in [6.45, 7) is 1.10. The summed E-state index contributed by atoms with van der Waals surface area (Å²) in [5.74, 6) is -0.754. The number of ketones is 1. The van der Waals surface area contributed by atoms with Gasteiger partial charge in [0.1, 0.15) is 11.8 Å². The highest BCUT2D eigenvalue weighted by Gasteiger charge is 2.18. The predicted octanol–water partition coefficient (Wildman–Crippen LogP) is 1.97. The van der Waals surface area contributed by atoms with Gasteiger partial charge in [0.25, 0.3) is 0 Å². The molecule has 7 heteroatoms. The lowest BCUT2D eigenvalue weighted by atomic mass is 10.2. The van der Waals surface area contributed by atoms with Crippen LogP contribution in [-0.2, 0) is 14.3 Å². The number of carbonyl (C=O) groups excluding carboxylic acids is 3. The number of rotatable bonds is 8. The van der Waals surface area contributed by atoms with E-state index in [0.29, 0.717) is 5.69 Å². The van der Waals surface area contributed by atoms with Gasteiger partial charge in [0, 0.05) is 12.3 Å². The van der Waals surface area contributed by atoms with E-state index >= 15 is 0 Å². The Morgan fingerprint density at radius 1 is 1.19 bits per heavy atom. The number of Topliss-reactive ketones (excluding diaryl/α,β-unsaturated/α-hetero) is 1. The third-order valence-electron chi connectivity index (χ3n) is 3.50. The number of H-pyrrole nitrogens is 1. The molecule has 1 atom stereocenters. The molecular weight excluding hydrogens is 336 g/mol. The summed E-state index contributed by atoms with van der Waals surface area (Å²) < 4.78 is 9.97. The maximum Gasteiger partial charge on any atom is 0.328 e. The van der Waals surface area contributed by atoms with E-state index < -0.39 is 17.9 Å². The molecule has 0 aliphatic heterocycles. The number of benzene rings is 1. The fourth-order valence-electron chi connectivity index (χ4n) is 2.05. The number of hydrogen-bond acceptors (Lipinski definition) is 5. The largest absolute Gasteiger partial charge is 0.497 e. The second-order valence-corrected chi connectivity index (χ2v) is 5.45. The first-order chi connectivity index (χ1) is 12.5. The highest BCUT2D eigenvalue weighted by molar-refractivity contribution is 5.97. The van der Waals surface area contributed by atoms with Crippen molar-refractivity contribution in [2.45, 2.75) is 13.0 Å². The number of carbonyl (C=O) groups is 3. The Morgan fingerprint density at radius 2 is 1.92 bits per heavy atom. The average molecular weight is 356 g/mol. The summed E-state index contributed by atoms with van der Waals surface area (Å²) in [6.07, 6.45) is 4.53. The number of esters is 1. The molecule has 26 heavy (non-hydrogen) atoms. The zero-order valence-corrected chi connectivity index (χ0v) is 14.5. The first-order valence-electron chi connectivity index (χ1n) is 7.95. The molecule has 1 heterocycles. The van der Waals surface area contributed by atoms with Crippen molar-refractivity contribution < 1.29 is 23.9 Å². The second kappa shape index (κ2) is 9.22. The predicted molar refractivity (Wildman–Crippen MR) is 95.7 cm³/mol. The maximum absolute atomic E-state index is 11.9. The number of methoxy groups -OCH3 is 1. The van der Waals surface area contributed by atoms with E-state index in [1.807, 2.05) is 0 Å². The van der Waals surface area contributed by atoms with Crippen LogP contribution in [0.5, 0.6) is 5.75 Å². The third-order valence-corrected chi connectivity index (χ3v) is 3.50. The molecule has 2 rings (SSSR count). The molecule has 7 nitrogen and oxygen atoms in total. The zero-order chi connectivity index (χ0) is 18.9. The number of nitrogens with one attached hydrogen (secondary N) is 2. The van der Waals surface area contributed by atoms with Gasteiger partial charge in [-0.3, -0.25) is 9.59 Å². The molecule has 0 fully saturated rings. The quantitative estimate of drug-likeness (QED) is 0.428. The molecular formula is C19H20N2O5. The number of hydrogen-bond donors (Lipinski definition) is 2. The fraction of sp³-hybridized carbons (Fsp3) is 0.211. The minimum atomic E-state index is -0.876. The van der Waals surface area contributed by atoms with Crippen LogP contribution in [0.3, 0.4) is 0 Å². The minimum absolute atomic E-state index is 0.346. The van der Waals surface area contributed by atoms with E-state index in [4.69, 9.17) is 9.47 Å². The SMILES string of the molecule is COc1ccc(/C=C/C(=O)N[C@@H](C)C(=O)OCC(=O)c2ccc[nH]2)cc1. The lowest BCUT2D eigenvalue weighted by Crippen LogP contribution is -2.39. The van der Waals surface area contributed by atoms with Crippen molar-refractivity contribution in [3.63, 3.8) is 0 Å². The van der Waals surface area contributed by atoms with Crippen LogP contribution >= 0.6 is 0 Å². The van der Waals surface area contributed by atoms with Crippen molar-refractivity contribution in [2.24, 2.45) is 0 Å². The number of aromatic nitrogens is 1. The van der Waals surface area contributed by atoms with E-state index in [0.717, 1.165) is 11.3 Å². The van der Waals surface area contributed by atoms with Crippen molar-refractivity contribution in [3.05, 3.63) is 59.9 Å². The van der Waals surface area contributed by atoms with Crippen LogP contribution in [0.2, 0.25) is 0 Å². The fourth-order valence-corrected chi connectivity index (χ4v) is 2.05. The van der Waals surface area contributed by atoms with Gasteiger partial charge in [0.2, 0.25) is 11.7 Å². The number of amides is 1. The van der Waals surface area contributed by atoms with Gasteiger partial charge in [-0.2, -0.15) is 0 Å². The van der Waals surface area contributed by atoms with Crippen LogP contribution < -0.4 is 10.1 Å². The van der Waals surface area contributed by atoms with Crippen LogP contribution in [0.1, 0.15) is 23.0 Å². The molecule has 1 amide bonds. The van der Waals surface area contributed by atoms with Gasteiger partial charge in [0.15, 0.2) is 6.61 Å². The van der Waals surface area contributed by atoms with Crippen molar-refractivity contribution in [1.82, 2.24) is 10.3 Å². The molecule has 0 saturated heterocycles. The number of ether oxygens (including phenoxy) is 2. The first kappa shape index (κ1) is 19.0. The topological polar surface area (TPSA) is 97.5 Å². The summed E-state index contributed by atoms with van der Waals surface area (Å²) in [5, 5.41) is 2.49. The Kier molecular flexibility index (Phi) is 6.73. The summed E-state index contributed by atoms with van der Waals surface area (Å²) in [6, 6.07) is 9.54. The van der Waals surface area contributed by atoms with Crippen molar-refractivity contribution in [3.8, 4) is 5.75 Å². The van der Waals surface area contributed by atoms with Gasteiger partial charge in [0.05, 0.1) is 12.8 Å². The zero-order valence-electron chi connectivity index (χ0n) is 14.5. The van der Waals surface area contributed by atoms with E-state index in [-0.39, 0.29) is 12.4 Å². The second-order valence-electron chi connectivity index (χ2n) is 5.45. The van der Waals surface area contributed by atoms with Crippen LogP contribution in [0.4, 0.5) is 0 Å². The summed E-state index contributed by atoms with van der Waals surface area (Å²) in [7, 11) is 1.57. The molecule has 0 unspecified atom stereocenters. The molecule has 2 aromatic rings. The van der Waals surface area contributed by atoms with Crippen molar-refractivity contribution >= 4 is 23.7 Å². The monoisotopic (exact) mass is 356 g/mol. The lowest BCUT2D eigenvalue weighted by molar-refractivity contribution is -0.145. The van der Waals surface area contributed by atoms with Gasteiger partial charge in [-0.15, -0.1) is 0 Å². The molecule has 0 bridgehead atoms. The normalized spacial score (nSPS) is 11.8. The molecule has 0 aliphatic carbocycles. The molecule has 0 radical (unpaired) electrons. The summed E-state index contributed by atoms with van der Waals surface area (Å²) in [4.78, 5) is 38.2. The van der Waals surface area contributed by atoms with E-state index in [2.05, 4.69) is 10.3 Å². The summed E-state index contributed by atoms with van der Waals surface area (Å²) >= 11 is 0. The van der Waals surface area contributed by atoms with E-state index in [9.17, 15) is 14.4 Å². The first-order valence-corrected chi connectivity index (χ1v) is 7.95. The Balaban J connectivity index is 1.78. The smallest absolute Gasteiger partial charge is 0.328 e. The van der Waals surface area contributed by atoms with Crippen LogP contribution in [0.25, 0.3) is 6.08 Å². The Morgan fingerprint density at radius 3 is 2.54 bits per heavy atom. The Bertz CT molecular complexity index is 779. The lowest BCUT2D eigenvalue weighted by Gasteiger charge is -2.11. The summed E-state index contributed by atoms with van der Waals surface area (Å²) in [5.41, 5.74) is 1.17. The number of aromatic amines is 1. The average Bonchev–Trinajstić information content (AvgIpc) is 3.19. The van der Waals surface area contributed by atoms with Crippen molar-refractivity contribution in [2.75, 3.05) is 13.7 Å². The maximum atomic E-state index is 11.9. The van der Waals surface area contributed by atoms with Gasteiger partial charge in [-0.1, -0.05) is 12.1 Å². The highest BCUT2D eigenvalue weighted by atomic mass is 16.5. The molecule has 0 saturated carbocycles. The van der Waals surface area contributed by atoms with Crippen LogP contribution in [0, 0.1) is 0 Å². The van der Waals surface area contributed by atoms with E-state index in [1.54, 1.807) is 55.8 Å². The Labute approximate surface area is 151 Å². The van der Waals surface area contributed by atoms with Gasteiger partial charge in [-0.05, 0) is 42.8 Å². The van der Waals surface area contributed by atoms with Gasteiger partial charge in [-0.25, -0.2) is 4.79 Å².